The number of hydrogen-bond acceptors (Lipinski definition) is 8. The number of benzene rings is 2. The van der Waals surface area contributed by atoms with Gasteiger partial charge in [0.2, 0.25) is 0 Å². The van der Waals surface area contributed by atoms with Crippen LogP contribution in [0.1, 0.15) is 30.4 Å². The third-order valence-electron chi connectivity index (χ3n) is 4.86. The zero-order valence-corrected chi connectivity index (χ0v) is 23.3. The molecule has 0 aromatic heterocycles. The van der Waals surface area contributed by atoms with Gasteiger partial charge in [-0.3, -0.25) is 19.2 Å². The van der Waals surface area contributed by atoms with Crippen molar-refractivity contribution in [1.82, 2.24) is 0 Å². The van der Waals surface area contributed by atoms with Gasteiger partial charge in [0, 0.05) is 0 Å². The fraction of sp³-hybridized carbons (Fsp3) is 0.259. The lowest BCUT2D eigenvalue weighted by Crippen LogP contribution is -3.00. The summed E-state index contributed by atoms with van der Waals surface area (Å²) in [6.07, 6.45) is 5.74. The SMILES string of the molecule is COc1cc(/C=C/C(=O)CC(=O)/C=C/c2ccc(OC(=O)CC[NH3+])c(OC)c2)ccc1OC(=O)CC[NH3+].[Cl-].[Cl-]. The molecule has 2 aromatic carbocycles. The second kappa shape index (κ2) is 18.5. The highest BCUT2D eigenvalue weighted by atomic mass is 35.5. The maximum atomic E-state index is 12.3. The Morgan fingerprint density at radius 3 is 1.38 bits per heavy atom. The van der Waals surface area contributed by atoms with Gasteiger partial charge in [0.25, 0.3) is 0 Å². The Labute approximate surface area is 239 Å². The minimum absolute atomic E-state index is 0. The third-order valence-corrected chi connectivity index (χ3v) is 4.86. The van der Waals surface area contributed by atoms with Gasteiger partial charge >= 0.3 is 11.9 Å². The lowest BCUT2D eigenvalue weighted by molar-refractivity contribution is -0.367. The van der Waals surface area contributed by atoms with Crippen LogP contribution in [0.5, 0.6) is 23.0 Å². The second-order valence-electron chi connectivity index (χ2n) is 7.75. The molecule has 0 atom stereocenters. The van der Waals surface area contributed by atoms with E-state index < -0.39 is 11.9 Å². The molecule has 0 saturated heterocycles. The fourth-order valence-corrected chi connectivity index (χ4v) is 3.05. The van der Waals surface area contributed by atoms with E-state index in [9.17, 15) is 19.2 Å². The molecule has 2 aromatic rings. The molecule has 0 unspecified atom stereocenters. The number of ketones is 2. The Bertz CT molecular complexity index is 1110. The number of allylic oxidation sites excluding steroid dienone is 2. The molecular formula is C27H32Cl2N2O8. The van der Waals surface area contributed by atoms with E-state index >= 15 is 0 Å². The van der Waals surface area contributed by atoms with Crippen LogP contribution in [0.3, 0.4) is 0 Å². The number of esters is 2. The molecule has 0 spiro atoms. The summed E-state index contributed by atoms with van der Waals surface area (Å²) in [5.74, 6) is -0.387. The highest BCUT2D eigenvalue weighted by Crippen LogP contribution is 2.30. The van der Waals surface area contributed by atoms with Gasteiger partial charge in [0.05, 0.1) is 46.6 Å². The molecule has 2 rings (SSSR count). The average Bonchev–Trinajstić information content (AvgIpc) is 2.87. The Morgan fingerprint density at radius 2 is 1.05 bits per heavy atom. The summed E-state index contributed by atoms with van der Waals surface area (Å²) >= 11 is 0. The molecule has 0 aliphatic rings. The number of quaternary nitrogens is 2. The number of hydrogen-bond donors (Lipinski definition) is 2. The summed E-state index contributed by atoms with van der Waals surface area (Å²) in [5, 5.41) is 0. The molecule has 0 saturated carbocycles. The summed E-state index contributed by atoms with van der Waals surface area (Å²) in [6.45, 7) is 0.847. The van der Waals surface area contributed by atoms with Crippen LogP contribution in [0.15, 0.2) is 48.6 Å². The first-order chi connectivity index (χ1) is 17.8. The Morgan fingerprint density at radius 1 is 0.667 bits per heavy atom. The van der Waals surface area contributed by atoms with Crippen LogP contribution < -0.4 is 55.2 Å². The Hall–Kier alpha value is -3.70. The van der Waals surface area contributed by atoms with E-state index in [2.05, 4.69) is 11.5 Å². The van der Waals surface area contributed by atoms with E-state index in [1.165, 1.54) is 26.4 Å². The molecule has 0 heterocycles. The summed E-state index contributed by atoms with van der Waals surface area (Å²) in [6, 6.07) is 9.69. The van der Waals surface area contributed by atoms with Gasteiger partial charge < -0.3 is 55.2 Å². The highest BCUT2D eigenvalue weighted by Gasteiger charge is 2.12. The van der Waals surface area contributed by atoms with Crippen LogP contribution in [0, 0.1) is 0 Å². The van der Waals surface area contributed by atoms with Gasteiger partial charge in [0.15, 0.2) is 34.6 Å². The minimum atomic E-state index is -0.416. The maximum Gasteiger partial charge on any atom is 0.317 e. The van der Waals surface area contributed by atoms with E-state index in [0.717, 1.165) is 0 Å². The van der Waals surface area contributed by atoms with Gasteiger partial charge in [0.1, 0.15) is 0 Å². The van der Waals surface area contributed by atoms with Gasteiger partial charge in [-0.25, -0.2) is 0 Å². The first kappa shape index (κ1) is 35.3. The average molecular weight is 583 g/mol. The second-order valence-corrected chi connectivity index (χ2v) is 7.75. The molecular weight excluding hydrogens is 551 g/mol. The monoisotopic (exact) mass is 582 g/mol. The van der Waals surface area contributed by atoms with Crippen molar-refractivity contribution in [2.45, 2.75) is 19.3 Å². The topological polar surface area (TPSA) is 160 Å². The third kappa shape index (κ3) is 12.1. The molecule has 0 aliphatic heterocycles. The Kier molecular flexibility index (Phi) is 16.8. The number of halogens is 2. The number of rotatable bonds is 14. The molecule has 39 heavy (non-hydrogen) atoms. The predicted molar refractivity (Wildman–Crippen MR) is 135 cm³/mol. The van der Waals surface area contributed by atoms with E-state index in [0.29, 0.717) is 35.7 Å². The smallest absolute Gasteiger partial charge is 0.317 e. The molecule has 12 heteroatoms. The van der Waals surface area contributed by atoms with Gasteiger partial charge in [-0.15, -0.1) is 0 Å². The largest absolute Gasteiger partial charge is 1.00 e. The molecule has 0 fully saturated rings. The minimum Gasteiger partial charge on any atom is -1.00 e. The summed E-state index contributed by atoms with van der Waals surface area (Å²) in [5.41, 5.74) is 8.49. The van der Waals surface area contributed by atoms with Crippen molar-refractivity contribution < 1.29 is 74.4 Å². The van der Waals surface area contributed by atoms with Crippen molar-refractivity contribution in [3.8, 4) is 23.0 Å². The fourth-order valence-electron chi connectivity index (χ4n) is 3.05. The lowest BCUT2D eigenvalue weighted by atomic mass is 10.1. The Balaban J connectivity index is 0.00000722. The lowest BCUT2D eigenvalue weighted by Gasteiger charge is -2.09. The van der Waals surface area contributed by atoms with Crippen molar-refractivity contribution >= 4 is 35.7 Å². The van der Waals surface area contributed by atoms with Crippen molar-refractivity contribution in [2.75, 3.05) is 27.3 Å². The molecule has 0 radical (unpaired) electrons. The van der Waals surface area contributed by atoms with Crippen LogP contribution in [-0.4, -0.2) is 50.8 Å². The van der Waals surface area contributed by atoms with Crippen LogP contribution in [-0.2, 0) is 19.2 Å². The van der Waals surface area contributed by atoms with E-state index in [-0.39, 0.29) is 67.1 Å². The van der Waals surface area contributed by atoms with Crippen molar-refractivity contribution in [3.05, 3.63) is 59.7 Å². The van der Waals surface area contributed by atoms with Crippen LogP contribution in [0.25, 0.3) is 12.2 Å². The quantitative estimate of drug-likeness (QED) is 0.0969. The zero-order chi connectivity index (χ0) is 27.2. The summed E-state index contributed by atoms with van der Waals surface area (Å²) < 4.78 is 21.0. The molecule has 212 valence electrons. The van der Waals surface area contributed by atoms with Gasteiger partial charge in [-0.1, -0.05) is 24.3 Å². The van der Waals surface area contributed by atoms with Crippen LogP contribution >= 0.6 is 0 Å². The van der Waals surface area contributed by atoms with Gasteiger partial charge in [-0.05, 0) is 47.5 Å². The van der Waals surface area contributed by atoms with Crippen molar-refractivity contribution in [1.29, 1.82) is 0 Å². The first-order valence-corrected chi connectivity index (χ1v) is 11.6. The number of ether oxygens (including phenoxy) is 4. The van der Waals surface area contributed by atoms with E-state index in [1.54, 1.807) is 48.6 Å². The van der Waals surface area contributed by atoms with Gasteiger partial charge in [-0.2, -0.15) is 0 Å². The number of methoxy groups -OCH3 is 2. The molecule has 10 nitrogen and oxygen atoms in total. The maximum absolute atomic E-state index is 12.3. The summed E-state index contributed by atoms with van der Waals surface area (Å²) in [4.78, 5) is 47.9. The molecule has 0 aliphatic carbocycles. The highest BCUT2D eigenvalue weighted by molar-refractivity contribution is 6.10. The number of carbonyl (C=O) groups is 4. The normalized spacial score (nSPS) is 10.4. The molecule has 0 bridgehead atoms. The van der Waals surface area contributed by atoms with Crippen molar-refractivity contribution in [3.63, 3.8) is 0 Å². The molecule has 6 N–H and O–H groups in total. The van der Waals surface area contributed by atoms with Crippen LogP contribution in [0.2, 0.25) is 0 Å². The first-order valence-electron chi connectivity index (χ1n) is 11.6. The van der Waals surface area contributed by atoms with Crippen LogP contribution in [0.4, 0.5) is 0 Å². The molecule has 0 amide bonds. The van der Waals surface area contributed by atoms with E-state index in [4.69, 9.17) is 18.9 Å². The van der Waals surface area contributed by atoms with Crippen molar-refractivity contribution in [2.24, 2.45) is 0 Å². The summed E-state index contributed by atoms with van der Waals surface area (Å²) in [7, 11) is 2.88. The zero-order valence-electron chi connectivity index (χ0n) is 21.7. The number of carbonyl (C=O) groups excluding carboxylic acids is 4. The predicted octanol–water partition coefficient (Wildman–Crippen LogP) is -4.96. The van der Waals surface area contributed by atoms with E-state index in [1.807, 2.05) is 0 Å². The standard InChI is InChI=1S/C27H30N2O8.2ClH/c1-34-24-15-18(5-9-22(24)36-26(32)11-13-28)3-7-20(30)17-21(31)8-4-19-6-10-23(25(16-19)35-2)37-27(33)12-14-29;;/h3-10,15-16H,11-14,17,28-29H2,1-2H3;2*1H/b7-3+,8-4+;;.